The van der Waals surface area contributed by atoms with Crippen molar-refractivity contribution in [3.8, 4) is 0 Å². The van der Waals surface area contributed by atoms with Gasteiger partial charge in [0.2, 0.25) is 5.91 Å². The van der Waals surface area contributed by atoms with Crippen molar-refractivity contribution in [2.45, 2.75) is 45.1 Å². The topological polar surface area (TPSA) is 41.1 Å². The fourth-order valence-electron chi connectivity index (χ4n) is 2.37. The lowest BCUT2D eigenvalue weighted by atomic mass is 9.94. The van der Waals surface area contributed by atoms with Crippen molar-refractivity contribution in [3.63, 3.8) is 0 Å². The molecule has 1 atom stereocenters. The Morgan fingerprint density at radius 2 is 2.00 bits per heavy atom. The molecule has 1 aliphatic heterocycles. The molecule has 2 fully saturated rings. The third kappa shape index (κ3) is 3.49. The van der Waals surface area contributed by atoms with Gasteiger partial charge in [0.1, 0.15) is 0 Å². The Kier molecular flexibility index (Phi) is 3.62. The molecule has 1 aliphatic carbocycles. The summed E-state index contributed by atoms with van der Waals surface area (Å²) in [6, 6.07) is 0.402. The highest BCUT2D eigenvalue weighted by Crippen LogP contribution is 2.32. The largest absolute Gasteiger partial charge is 0.353 e. The van der Waals surface area contributed by atoms with Crippen LogP contribution in [0.15, 0.2) is 0 Å². The number of hydrogen-bond donors (Lipinski definition) is 2. The number of piperidine rings is 1. The molecule has 1 amide bonds. The van der Waals surface area contributed by atoms with Crippen molar-refractivity contribution >= 4 is 5.91 Å². The average Bonchev–Trinajstić information content (AvgIpc) is 3.01. The molecule has 2 rings (SSSR count). The van der Waals surface area contributed by atoms with Gasteiger partial charge >= 0.3 is 0 Å². The Balaban J connectivity index is 1.66. The van der Waals surface area contributed by atoms with Crippen LogP contribution in [-0.4, -0.2) is 25.0 Å². The number of hydrogen-bond acceptors (Lipinski definition) is 2. The van der Waals surface area contributed by atoms with Gasteiger partial charge in [0.05, 0.1) is 0 Å². The van der Waals surface area contributed by atoms with Crippen LogP contribution in [-0.2, 0) is 4.79 Å². The van der Waals surface area contributed by atoms with E-state index in [1.807, 2.05) is 0 Å². The quantitative estimate of drug-likeness (QED) is 0.734. The predicted molar refractivity (Wildman–Crippen MR) is 60.5 cm³/mol. The minimum atomic E-state index is 0.265. The molecule has 15 heavy (non-hydrogen) atoms. The Labute approximate surface area is 92.0 Å². The normalized spacial score (nSPS) is 24.9. The van der Waals surface area contributed by atoms with E-state index in [1.165, 1.54) is 12.8 Å². The Bertz CT molecular complexity index is 220. The fourth-order valence-corrected chi connectivity index (χ4v) is 2.37. The van der Waals surface area contributed by atoms with Crippen LogP contribution in [0, 0.1) is 11.8 Å². The van der Waals surface area contributed by atoms with Crippen LogP contribution in [0.3, 0.4) is 0 Å². The van der Waals surface area contributed by atoms with Gasteiger partial charge in [-0.1, -0.05) is 0 Å². The SMILES string of the molecule is CC(NC(=O)CC1CCNCC1)C1CC1. The molecule has 1 saturated heterocycles. The van der Waals surface area contributed by atoms with E-state index in [2.05, 4.69) is 17.6 Å². The third-order valence-corrected chi connectivity index (χ3v) is 3.65. The highest BCUT2D eigenvalue weighted by molar-refractivity contribution is 5.76. The molecule has 0 bridgehead atoms. The first-order valence-electron chi connectivity index (χ1n) is 6.26. The molecule has 0 aromatic heterocycles. The minimum Gasteiger partial charge on any atom is -0.353 e. The summed E-state index contributed by atoms with van der Waals surface area (Å²) in [5.74, 6) is 1.64. The van der Waals surface area contributed by atoms with Crippen LogP contribution in [0.5, 0.6) is 0 Å². The molecule has 3 nitrogen and oxygen atoms in total. The number of carbonyl (C=O) groups excluding carboxylic acids is 1. The van der Waals surface area contributed by atoms with E-state index < -0.39 is 0 Å². The van der Waals surface area contributed by atoms with Gasteiger partial charge in [0.15, 0.2) is 0 Å². The van der Waals surface area contributed by atoms with Crippen LogP contribution >= 0.6 is 0 Å². The standard InChI is InChI=1S/C12H22N2O/c1-9(11-2-3-11)14-12(15)8-10-4-6-13-7-5-10/h9-11,13H,2-8H2,1H3,(H,14,15). The van der Waals surface area contributed by atoms with Gasteiger partial charge in [0.25, 0.3) is 0 Å². The summed E-state index contributed by atoms with van der Waals surface area (Å²) in [6.07, 6.45) is 5.65. The van der Waals surface area contributed by atoms with Gasteiger partial charge in [-0.05, 0) is 57.5 Å². The van der Waals surface area contributed by atoms with E-state index in [-0.39, 0.29) is 5.91 Å². The summed E-state index contributed by atoms with van der Waals surface area (Å²) in [6.45, 7) is 4.30. The van der Waals surface area contributed by atoms with E-state index >= 15 is 0 Å². The number of carbonyl (C=O) groups is 1. The molecule has 86 valence electrons. The Hall–Kier alpha value is -0.570. The summed E-state index contributed by atoms with van der Waals surface area (Å²) in [4.78, 5) is 11.7. The van der Waals surface area contributed by atoms with Gasteiger partial charge in [-0.15, -0.1) is 0 Å². The maximum atomic E-state index is 11.7. The first-order chi connectivity index (χ1) is 7.25. The van der Waals surface area contributed by atoms with Crippen LogP contribution < -0.4 is 10.6 Å². The van der Waals surface area contributed by atoms with Crippen LogP contribution in [0.1, 0.15) is 39.0 Å². The maximum absolute atomic E-state index is 11.7. The molecule has 2 N–H and O–H groups in total. The summed E-state index contributed by atoms with van der Waals surface area (Å²) in [5.41, 5.74) is 0. The third-order valence-electron chi connectivity index (χ3n) is 3.65. The number of nitrogens with one attached hydrogen (secondary N) is 2. The predicted octanol–water partition coefficient (Wildman–Crippen LogP) is 1.29. The van der Waals surface area contributed by atoms with Crippen LogP contribution in [0.2, 0.25) is 0 Å². The lowest BCUT2D eigenvalue weighted by molar-refractivity contribution is -0.122. The van der Waals surface area contributed by atoms with Crippen LogP contribution in [0.4, 0.5) is 0 Å². The molecular formula is C12H22N2O. The first kappa shape index (κ1) is 10.9. The molecule has 1 unspecified atom stereocenters. The van der Waals surface area contributed by atoms with E-state index in [0.717, 1.165) is 38.3 Å². The lowest BCUT2D eigenvalue weighted by Gasteiger charge is -2.23. The Morgan fingerprint density at radius 3 is 2.60 bits per heavy atom. The van der Waals surface area contributed by atoms with Crippen molar-refractivity contribution in [2.75, 3.05) is 13.1 Å². The summed E-state index contributed by atoms with van der Waals surface area (Å²) in [5, 5.41) is 6.46. The summed E-state index contributed by atoms with van der Waals surface area (Å²) < 4.78 is 0. The van der Waals surface area contributed by atoms with Gasteiger partial charge in [-0.2, -0.15) is 0 Å². The van der Waals surface area contributed by atoms with E-state index in [4.69, 9.17) is 0 Å². The second-order valence-electron chi connectivity index (χ2n) is 5.09. The molecule has 1 heterocycles. The summed E-state index contributed by atoms with van der Waals surface area (Å²) in [7, 11) is 0. The second-order valence-corrected chi connectivity index (χ2v) is 5.09. The minimum absolute atomic E-state index is 0.265. The first-order valence-corrected chi connectivity index (χ1v) is 6.26. The lowest BCUT2D eigenvalue weighted by Crippen LogP contribution is -2.37. The maximum Gasteiger partial charge on any atom is 0.220 e. The number of amides is 1. The molecule has 2 aliphatic rings. The zero-order valence-corrected chi connectivity index (χ0v) is 9.59. The fraction of sp³-hybridized carbons (Fsp3) is 0.917. The van der Waals surface area contributed by atoms with E-state index in [9.17, 15) is 4.79 Å². The van der Waals surface area contributed by atoms with Crippen molar-refractivity contribution in [2.24, 2.45) is 11.8 Å². The van der Waals surface area contributed by atoms with Crippen molar-refractivity contribution in [1.82, 2.24) is 10.6 Å². The monoisotopic (exact) mass is 210 g/mol. The molecule has 0 radical (unpaired) electrons. The Morgan fingerprint density at radius 1 is 1.33 bits per heavy atom. The van der Waals surface area contributed by atoms with Crippen molar-refractivity contribution in [1.29, 1.82) is 0 Å². The highest BCUT2D eigenvalue weighted by Gasteiger charge is 2.29. The molecule has 0 spiro atoms. The average molecular weight is 210 g/mol. The molecule has 0 aromatic carbocycles. The second kappa shape index (κ2) is 4.97. The molecular weight excluding hydrogens is 188 g/mol. The zero-order chi connectivity index (χ0) is 10.7. The highest BCUT2D eigenvalue weighted by atomic mass is 16.1. The zero-order valence-electron chi connectivity index (χ0n) is 9.59. The molecule has 3 heteroatoms. The molecule has 1 saturated carbocycles. The van der Waals surface area contributed by atoms with Crippen LogP contribution in [0.25, 0.3) is 0 Å². The van der Waals surface area contributed by atoms with Crippen molar-refractivity contribution in [3.05, 3.63) is 0 Å². The van der Waals surface area contributed by atoms with Gasteiger partial charge in [-0.3, -0.25) is 4.79 Å². The molecule has 0 aromatic rings. The summed E-state index contributed by atoms with van der Waals surface area (Å²) >= 11 is 0. The smallest absolute Gasteiger partial charge is 0.220 e. The number of rotatable bonds is 4. The van der Waals surface area contributed by atoms with Gasteiger partial charge in [-0.25, -0.2) is 0 Å². The van der Waals surface area contributed by atoms with Gasteiger partial charge in [0, 0.05) is 12.5 Å². The van der Waals surface area contributed by atoms with Crippen molar-refractivity contribution < 1.29 is 4.79 Å². The van der Waals surface area contributed by atoms with E-state index in [1.54, 1.807) is 0 Å². The van der Waals surface area contributed by atoms with E-state index in [0.29, 0.717) is 12.0 Å². The van der Waals surface area contributed by atoms with Gasteiger partial charge < -0.3 is 10.6 Å².